The largest absolute Gasteiger partial charge is 0.481 e. The molecule has 8 heteroatoms. The first-order chi connectivity index (χ1) is 25.3. The molecule has 53 heavy (non-hydrogen) atoms. The lowest BCUT2D eigenvalue weighted by molar-refractivity contribution is -0.271. The van der Waals surface area contributed by atoms with Crippen LogP contribution in [-0.2, 0) is 33.4 Å². The number of aliphatic carboxylic acids is 1. The molecular formula is C45H68O8. The van der Waals surface area contributed by atoms with Gasteiger partial charge in [-0.3, -0.25) is 24.0 Å². The lowest BCUT2D eigenvalue weighted by atomic mass is 9.28. The van der Waals surface area contributed by atoms with Gasteiger partial charge in [0.1, 0.15) is 0 Å². The zero-order valence-corrected chi connectivity index (χ0v) is 33.5. The van der Waals surface area contributed by atoms with Crippen molar-refractivity contribution in [2.45, 2.75) is 157 Å². The monoisotopic (exact) mass is 736 g/mol. The summed E-state index contributed by atoms with van der Waals surface area (Å²) in [6.07, 6.45) is 20.9. The zero-order valence-electron chi connectivity index (χ0n) is 33.5. The van der Waals surface area contributed by atoms with Crippen LogP contribution in [0.3, 0.4) is 0 Å². The SMILES string of the molecule is CCC/C=C/C(CCC(CCCCCCCC)C1C(C(C)C)C2CC3C4(C)CCCC(C)(C(=O)O)C4CCC13C1C(=O)OC(=O)C21)C1CC(=O)OC1=O. The second-order valence-electron chi connectivity index (χ2n) is 19.2. The lowest BCUT2D eigenvalue weighted by Gasteiger charge is -2.74. The van der Waals surface area contributed by atoms with Crippen LogP contribution in [0.25, 0.3) is 0 Å². The van der Waals surface area contributed by atoms with E-state index >= 15 is 0 Å². The number of esters is 4. The van der Waals surface area contributed by atoms with Crippen molar-refractivity contribution in [3.05, 3.63) is 12.2 Å². The third-order valence-corrected chi connectivity index (χ3v) is 16.3. The van der Waals surface area contributed by atoms with Crippen LogP contribution >= 0.6 is 0 Å². The highest BCUT2D eigenvalue weighted by Crippen LogP contribution is 2.79. The maximum absolute atomic E-state index is 14.2. The molecule has 0 amide bonds. The number of carboxylic acid groups (broad SMARTS) is 1. The molecule has 8 nitrogen and oxygen atoms in total. The maximum atomic E-state index is 14.2. The van der Waals surface area contributed by atoms with Gasteiger partial charge in [0.2, 0.25) is 0 Å². The number of allylic oxidation sites excluding steroid dienone is 2. The van der Waals surface area contributed by atoms with Crippen molar-refractivity contribution >= 4 is 29.8 Å². The average Bonchev–Trinajstić information content (AvgIpc) is 3.62. The Hall–Kier alpha value is -2.51. The molecule has 7 rings (SSSR count). The number of hydrogen-bond donors (Lipinski definition) is 1. The van der Waals surface area contributed by atoms with Crippen molar-refractivity contribution in [3.8, 4) is 0 Å². The second-order valence-corrected chi connectivity index (χ2v) is 19.2. The first kappa shape index (κ1) is 40.2. The van der Waals surface area contributed by atoms with Crippen LogP contribution in [0.4, 0.5) is 0 Å². The molecule has 296 valence electrons. The molecule has 2 bridgehead atoms. The first-order valence-corrected chi connectivity index (χ1v) is 21.7. The van der Waals surface area contributed by atoms with Gasteiger partial charge >= 0.3 is 29.8 Å². The molecule has 2 heterocycles. The molecule has 2 saturated heterocycles. The van der Waals surface area contributed by atoms with Crippen molar-refractivity contribution in [1.82, 2.24) is 0 Å². The molecule has 1 N–H and O–H groups in total. The van der Waals surface area contributed by atoms with Crippen LogP contribution in [0.1, 0.15) is 157 Å². The molecule has 1 spiro atoms. The lowest BCUT2D eigenvalue weighted by Crippen LogP contribution is -2.71. The number of carbonyl (C=O) groups is 5. The van der Waals surface area contributed by atoms with E-state index < -0.39 is 46.5 Å². The summed E-state index contributed by atoms with van der Waals surface area (Å²) >= 11 is 0. The van der Waals surface area contributed by atoms with Gasteiger partial charge in [-0.15, -0.1) is 0 Å². The van der Waals surface area contributed by atoms with Crippen LogP contribution < -0.4 is 0 Å². The van der Waals surface area contributed by atoms with Crippen molar-refractivity contribution < 1.29 is 38.6 Å². The number of cyclic esters (lactones) is 4. The molecule has 13 atom stereocenters. The summed E-state index contributed by atoms with van der Waals surface area (Å²) in [4.78, 5) is 66.2. The Morgan fingerprint density at radius 3 is 2.26 bits per heavy atom. The molecule has 5 aliphatic carbocycles. The number of carboxylic acids is 1. The van der Waals surface area contributed by atoms with Crippen LogP contribution in [0, 0.1) is 81.3 Å². The van der Waals surface area contributed by atoms with Crippen LogP contribution in [0.5, 0.6) is 0 Å². The molecule has 7 fully saturated rings. The highest BCUT2D eigenvalue weighted by atomic mass is 16.6. The van der Waals surface area contributed by atoms with E-state index in [2.05, 4.69) is 46.8 Å². The minimum atomic E-state index is -0.813. The van der Waals surface area contributed by atoms with Crippen LogP contribution in [-0.4, -0.2) is 35.0 Å². The average molecular weight is 737 g/mol. The standard InChI is InChI=1S/C45H68O8/c1-7-9-11-12-13-15-18-29(20-19-28(17-14-10-8-2)30-26-34(46)52-39(30)47)37-35(27(3)4)31-25-33-43(5)22-16-23-44(6,42(50)51)32(43)21-24-45(33,37)38-36(31)40(48)53-41(38)49/h14,17,27-33,35-38H,7-13,15-16,18-26H2,1-6H3,(H,50,51)/b17-14+. The summed E-state index contributed by atoms with van der Waals surface area (Å²) in [6, 6.07) is 0. The van der Waals surface area contributed by atoms with Crippen molar-refractivity contribution in [1.29, 1.82) is 0 Å². The minimum absolute atomic E-state index is 0.0111. The molecule has 0 aromatic rings. The van der Waals surface area contributed by atoms with E-state index in [9.17, 15) is 29.1 Å². The smallest absolute Gasteiger partial charge is 0.318 e. The fraction of sp³-hybridized carbons (Fsp3) is 0.844. The minimum Gasteiger partial charge on any atom is -0.481 e. The normalized spacial score (nSPS) is 40.2. The molecule has 0 aromatic carbocycles. The second kappa shape index (κ2) is 15.9. The predicted molar refractivity (Wildman–Crippen MR) is 202 cm³/mol. The summed E-state index contributed by atoms with van der Waals surface area (Å²) in [5.74, 6) is -2.60. The summed E-state index contributed by atoms with van der Waals surface area (Å²) in [7, 11) is 0. The van der Waals surface area contributed by atoms with Crippen molar-refractivity contribution in [2.24, 2.45) is 81.3 Å². The van der Waals surface area contributed by atoms with Gasteiger partial charge in [-0.1, -0.05) is 105 Å². The van der Waals surface area contributed by atoms with Gasteiger partial charge in [-0.05, 0) is 116 Å². The van der Waals surface area contributed by atoms with E-state index in [0.717, 1.165) is 77.0 Å². The van der Waals surface area contributed by atoms with E-state index in [-0.39, 0.29) is 65.2 Å². The van der Waals surface area contributed by atoms with Gasteiger partial charge in [-0.2, -0.15) is 0 Å². The van der Waals surface area contributed by atoms with Gasteiger partial charge in [-0.25, -0.2) is 0 Å². The van der Waals surface area contributed by atoms with E-state index in [1.807, 2.05) is 6.92 Å². The van der Waals surface area contributed by atoms with Gasteiger partial charge < -0.3 is 14.6 Å². The molecule has 7 aliphatic rings. The number of fused-ring (bicyclic) bond motifs is 2. The van der Waals surface area contributed by atoms with Gasteiger partial charge in [0.25, 0.3) is 0 Å². The molecule has 13 unspecified atom stereocenters. The Labute approximate surface area is 318 Å². The Balaban J connectivity index is 1.43. The van der Waals surface area contributed by atoms with E-state index in [1.54, 1.807) is 0 Å². The van der Waals surface area contributed by atoms with Gasteiger partial charge in [0.15, 0.2) is 0 Å². The summed E-state index contributed by atoms with van der Waals surface area (Å²) < 4.78 is 10.7. The molecule has 0 radical (unpaired) electrons. The third kappa shape index (κ3) is 6.87. The summed E-state index contributed by atoms with van der Waals surface area (Å²) in [6.45, 7) is 13.3. The number of rotatable bonds is 17. The Bertz CT molecular complexity index is 1430. The van der Waals surface area contributed by atoms with Gasteiger partial charge in [0.05, 0.1) is 29.6 Å². The highest BCUT2D eigenvalue weighted by Gasteiger charge is 2.78. The van der Waals surface area contributed by atoms with E-state index in [1.165, 1.54) is 25.7 Å². The molecule has 0 aromatic heterocycles. The Morgan fingerprint density at radius 1 is 0.868 bits per heavy atom. The number of hydrogen-bond acceptors (Lipinski definition) is 7. The van der Waals surface area contributed by atoms with Crippen molar-refractivity contribution in [3.63, 3.8) is 0 Å². The Kier molecular flexibility index (Phi) is 12.1. The van der Waals surface area contributed by atoms with E-state index in [0.29, 0.717) is 12.3 Å². The molecule has 2 aliphatic heterocycles. The summed E-state index contributed by atoms with van der Waals surface area (Å²) in [5, 5.41) is 10.7. The van der Waals surface area contributed by atoms with E-state index in [4.69, 9.17) is 9.47 Å². The maximum Gasteiger partial charge on any atom is 0.318 e. The number of carbonyl (C=O) groups excluding carboxylic acids is 4. The number of ether oxygens (including phenoxy) is 2. The van der Waals surface area contributed by atoms with Crippen molar-refractivity contribution in [2.75, 3.05) is 0 Å². The Morgan fingerprint density at radius 2 is 1.60 bits per heavy atom. The fourth-order valence-electron chi connectivity index (χ4n) is 14.3. The van der Waals surface area contributed by atoms with Crippen LogP contribution in [0.15, 0.2) is 12.2 Å². The first-order valence-electron chi connectivity index (χ1n) is 21.7. The van der Waals surface area contributed by atoms with Crippen LogP contribution in [0.2, 0.25) is 0 Å². The van der Waals surface area contributed by atoms with Gasteiger partial charge in [0, 0.05) is 0 Å². The summed E-state index contributed by atoms with van der Waals surface area (Å²) in [5.41, 5.74) is -1.53. The highest BCUT2D eigenvalue weighted by molar-refractivity contribution is 5.98. The molecular weight excluding hydrogens is 668 g/mol. The fourth-order valence-corrected chi connectivity index (χ4v) is 14.3. The molecule has 5 saturated carbocycles. The predicted octanol–water partition coefficient (Wildman–Crippen LogP) is 9.73. The topological polar surface area (TPSA) is 124 Å². The quantitative estimate of drug-likeness (QED) is 0.0678. The zero-order chi connectivity index (χ0) is 38.3. The third-order valence-electron chi connectivity index (χ3n) is 16.3. The number of unbranched alkanes of at least 4 members (excludes halogenated alkanes) is 6.